The van der Waals surface area contributed by atoms with Crippen LogP contribution in [0.5, 0.6) is 0 Å². The van der Waals surface area contributed by atoms with Crippen LogP contribution < -0.4 is 0 Å². The molecule has 32 heavy (non-hydrogen) atoms. The van der Waals surface area contributed by atoms with Gasteiger partial charge in [0.15, 0.2) is 0 Å². The van der Waals surface area contributed by atoms with E-state index in [1.807, 2.05) is 6.07 Å². The van der Waals surface area contributed by atoms with Crippen molar-refractivity contribution in [1.29, 1.82) is 0 Å². The van der Waals surface area contributed by atoms with Gasteiger partial charge < -0.3 is 10.1 Å². The number of carbonyl (C=O) groups is 1. The van der Waals surface area contributed by atoms with E-state index in [1.54, 1.807) is 17.8 Å². The number of hydrogen-bond donors (Lipinski definition) is 2. The number of H-pyrrole nitrogens is 1. The van der Waals surface area contributed by atoms with E-state index >= 15 is 0 Å². The number of nitrogens with one attached hydrogen (secondary N) is 1. The van der Waals surface area contributed by atoms with E-state index in [9.17, 15) is 9.90 Å². The van der Waals surface area contributed by atoms with Crippen LogP contribution in [0.1, 0.15) is 50.9 Å². The lowest BCUT2D eigenvalue weighted by Gasteiger charge is -2.10. The van der Waals surface area contributed by atoms with Gasteiger partial charge in [0.25, 0.3) is 0 Å². The molecule has 2 N–H and O–H groups in total. The van der Waals surface area contributed by atoms with E-state index in [0.717, 1.165) is 40.2 Å². The van der Waals surface area contributed by atoms with Crippen LogP contribution in [0.15, 0.2) is 53.4 Å². The van der Waals surface area contributed by atoms with E-state index in [0.29, 0.717) is 10.8 Å². The summed E-state index contributed by atoms with van der Waals surface area (Å²) in [7, 11) is 0. The Morgan fingerprint density at radius 2 is 1.88 bits per heavy atom. The molecule has 0 fully saturated rings. The summed E-state index contributed by atoms with van der Waals surface area (Å²) in [5.41, 5.74) is 8.16. The first-order valence-corrected chi connectivity index (χ1v) is 11.9. The van der Waals surface area contributed by atoms with Crippen molar-refractivity contribution in [2.75, 3.05) is 0 Å². The van der Waals surface area contributed by atoms with Crippen molar-refractivity contribution in [3.8, 4) is 0 Å². The molecule has 0 aliphatic carbocycles. The number of benzene rings is 3. The minimum absolute atomic E-state index is 0.143. The molecule has 3 aromatic carbocycles. The van der Waals surface area contributed by atoms with Crippen molar-refractivity contribution in [1.82, 2.24) is 9.97 Å². The third-order valence-corrected chi connectivity index (χ3v) is 7.19. The van der Waals surface area contributed by atoms with Crippen molar-refractivity contribution in [2.45, 2.75) is 44.3 Å². The highest BCUT2D eigenvalue weighted by atomic mass is 35.5. The summed E-state index contributed by atoms with van der Waals surface area (Å²) in [6, 6.07) is 15.9. The Balaban J connectivity index is 1.51. The van der Waals surface area contributed by atoms with Gasteiger partial charge in [-0.1, -0.05) is 48.9 Å². The number of aromatic amines is 1. The number of aromatic nitrogens is 2. The molecule has 0 aliphatic rings. The summed E-state index contributed by atoms with van der Waals surface area (Å²) in [4.78, 5) is 20.7. The summed E-state index contributed by atoms with van der Waals surface area (Å²) in [5, 5.41) is 9.56. The third-order valence-electron chi connectivity index (χ3n) is 5.68. The topological polar surface area (TPSA) is 66.0 Å². The molecule has 4 aromatic rings. The van der Waals surface area contributed by atoms with Crippen molar-refractivity contribution >= 4 is 40.4 Å². The minimum Gasteiger partial charge on any atom is -0.478 e. The molecule has 4 nitrogen and oxygen atoms in total. The predicted octanol–water partition coefficient (Wildman–Crippen LogP) is 6.98. The molecule has 6 heteroatoms. The number of aromatic carboxylic acids is 1. The second-order valence-electron chi connectivity index (χ2n) is 7.94. The van der Waals surface area contributed by atoms with Crippen molar-refractivity contribution in [3.05, 3.63) is 92.8 Å². The number of rotatable bonds is 7. The maximum Gasteiger partial charge on any atom is 0.337 e. The molecule has 0 radical (unpaired) electrons. The van der Waals surface area contributed by atoms with Gasteiger partial charge in [-0.05, 0) is 66.3 Å². The van der Waals surface area contributed by atoms with Crippen LogP contribution in [0.25, 0.3) is 11.0 Å². The fraction of sp³-hybridized carbons (Fsp3) is 0.231. The van der Waals surface area contributed by atoms with Crippen molar-refractivity contribution in [2.24, 2.45) is 0 Å². The number of nitrogens with zero attached hydrogens (tertiary/aromatic N) is 1. The van der Waals surface area contributed by atoms with Gasteiger partial charge in [0, 0.05) is 17.1 Å². The Kier molecular flexibility index (Phi) is 6.58. The standard InChI is InChI=1S/C26H25ClN2O2S/c1-4-22-28-24-16(3)12-15(2)21(25(24)29-22)13-17-8-10-19(11-9-17)32-14-18-6-5-7-20(23(18)27)26(30)31/h5-12H,4,13-14H2,1-3H3,(H,28,29)(H,30,31). The van der Waals surface area contributed by atoms with Crippen LogP contribution in [-0.4, -0.2) is 21.0 Å². The largest absolute Gasteiger partial charge is 0.478 e. The predicted molar refractivity (Wildman–Crippen MR) is 132 cm³/mol. The Bertz CT molecular complexity index is 1300. The lowest BCUT2D eigenvalue weighted by atomic mass is 9.97. The zero-order valence-electron chi connectivity index (χ0n) is 18.3. The first kappa shape index (κ1) is 22.4. The van der Waals surface area contributed by atoms with Crippen molar-refractivity contribution < 1.29 is 9.90 Å². The summed E-state index contributed by atoms with van der Waals surface area (Å²) < 4.78 is 0. The number of halogens is 1. The van der Waals surface area contributed by atoms with E-state index in [4.69, 9.17) is 16.6 Å². The highest BCUT2D eigenvalue weighted by Crippen LogP contribution is 2.30. The van der Waals surface area contributed by atoms with Crippen LogP contribution in [-0.2, 0) is 18.6 Å². The van der Waals surface area contributed by atoms with Crippen LogP contribution in [0.3, 0.4) is 0 Å². The number of fused-ring (bicyclic) bond motifs is 1. The molecule has 0 saturated heterocycles. The van der Waals surface area contributed by atoms with Crippen LogP contribution in [0, 0.1) is 13.8 Å². The van der Waals surface area contributed by atoms with Gasteiger partial charge in [0.1, 0.15) is 5.82 Å². The molecular weight excluding hydrogens is 440 g/mol. The minimum atomic E-state index is -1.00. The SMILES string of the molecule is CCc1nc2c(Cc3ccc(SCc4cccc(C(=O)O)c4Cl)cc3)c(C)cc(C)c2[nH]1. The van der Waals surface area contributed by atoms with Gasteiger partial charge in [-0.2, -0.15) is 0 Å². The Labute approximate surface area is 197 Å². The van der Waals surface area contributed by atoms with Gasteiger partial charge in [0.2, 0.25) is 0 Å². The maximum absolute atomic E-state index is 11.3. The molecular formula is C26H25ClN2O2S. The zero-order chi connectivity index (χ0) is 22.8. The second kappa shape index (κ2) is 9.39. The Morgan fingerprint density at radius 3 is 2.56 bits per heavy atom. The lowest BCUT2D eigenvalue weighted by molar-refractivity contribution is 0.0697. The summed E-state index contributed by atoms with van der Waals surface area (Å²) in [6.45, 7) is 6.39. The molecule has 0 spiro atoms. The fourth-order valence-electron chi connectivity index (χ4n) is 3.91. The van der Waals surface area contributed by atoms with Gasteiger partial charge >= 0.3 is 5.97 Å². The van der Waals surface area contributed by atoms with E-state index < -0.39 is 5.97 Å². The molecule has 164 valence electrons. The van der Waals surface area contributed by atoms with E-state index in [2.05, 4.69) is 56.1 Å². The fourth-order valence-corrected chi connectivity index (χ4v) is 5.16. The van der Waals surface area contributed by atoms with E-state index in [1.165, 1.54) is 28.3 Å². The number of thioether (sulfide) groups is 1. The molecule has 0 saturated carbocycles. The van der Waals surface area contributed by atoms with Gasteiger partial charge in [-0.3, -0.25) is 0 Å². The molecule has 1 heterocycles. The maximum atomic E-state index is 11.3. The molecule has 0 unspecified atom stereocenters. The monoisotopic (exact) mass is 464 g/mol. The van der Waals surface area contributed by atoms with Crippen LogP contribution in [0.2, 0.25) is 5.02 Å². The first-order valence-electron chi connectivity index (χ1n) is 10.6. The van der Waals surface area contributed by atoms with Crippen molar-refractivity contribution in [3.63, 3.8) is 0 Å². The van der Waals surface area contributed by atoms with Crippen LogP contribution in [0.4, 0.5) is 0 Å². The zero-order valence-corrected chi connectivity index (χ0v) is 19.9. The third kappa shape index (κ3) is 4.54. The summed E-state index contributed by atoms with van der Waals surface area (Å²) in [6.07, 6.45) is 1.71. The van der Waals surface area contributed by atoms with Gasteiger partial charge in [-0.25, -0.2) is 9.78 Å². The Hall–Kier alpha value is -2.76. The summed E-state index contributed by atoms with van der Waals surface area (Å²) >= 11 is 7.91. The molecule has 0 atom stereocenters. The number of carboxylic acid groups (broad SMARTS) is 1. The smallest absolute Gasteiger partial charge is 0.337 e. The quantitative estimate of drug-likeness (QED) is 0.289. The van der Waals surface area contributed by atoms with Gasteiger partial charge in [0.05, 0.1) is 21.6 Å². The molecule has 4 rings (SSSR count). The summed E-state index contributed by atoms with van der Waals surface area (Å²) in [5.74, 6) is 0.631. The first-order chi connectivity index (χ1) is 15.4. The average Bonchev–Trinajstić information content (AvgIpc) is 3.22. The van der Waals surface area contributed by atoms with Crippen LogP contribution >= 0.6 is 23.4 Å². The second-order valence-corrected chi connectivity index (χ2v) is 9.37. The number of hydrogen-bond acceptors (Lipinski definition) is 3. The van der Waals surface area contributed by atoms with E-state index in [-0.39, 0.29) is 5.56 Å². The highest BCUT2D eigenvalue weighted by Gasteiger charge is 2.14. The number of imidazole rings is 1. The molecule has 1 aromatic heterocycles. The normalized spacial score (nSPS) is 11.2. The molecule has 0 aliphatic heterocycles. The number of aryl methyl sites for hydroxylation is 3. The molecule has 0 amide bonds. The Morgan fingerprint density at radius 1 is 1.12 bits per heavy atom. The number of carboxylic acids is 1. The van der Waals surface area contributed by atoms with Gasteiger partial charge in [-0.15, -0.1) is 11.8 Å². The highest BCUT2D eigenvalue weighted by molar-refractivity contribution is 7.98. The lowest BCUT2D eigenvalue weighted by Crippen LogP contribution is -1.99. The molecule has 0 bridgehead atoms. The average molecular weight is 465 g/mol.